The predicted octanol–water partition coefficient (Wildman–Crippen LogP) is 2.29. The number of thiophene rings is 1. The minimum atomic E-state index is -3.39. The van der Waals surface area contributed by atoms with Crippen molar-refractivity contribution in [1.29, 1.82) is 0 Å². The van der Waals surface area contributed by atoms with Crippen molar-refractivity contribution in [3.05, 3.63) is 58.3 Å². The molecule has 0 unspecified atom stereocenters. The second-order valence-corrected chi connectivity index (χ2v) is 9.39. The standard InChI is InChI=1S/C19H22N2O4S2/c22-18(17-7-4-12-26-17)19(23)21-10-8-15(9-11-21)13-20-27(24,25)14-16-5-2-1-3-6-16/h1-7,12,15,20H,8-11,13-14H2. The summed E-state index contributed by atoms with van der Waals surface area (Å²) in [5.74, 6) is -0.815. The molecule has 0 radical (unpaired) electrons. The number of rotatable bonds is 7. The highest BCUT2D eigenvalue weighted by molar-refractivity contribution is 7.88. The molecule has 27 heavy (non-hydrogen) atoms. The quantitative estimate of drug-likeness (QED) is 0.565. The summed E-state index contributed by atoms with van der Waals surface area (Å²) < 4.78 is 27.1. The van der Waals surface area contributed by atoms with Gasteiger partial charge in [-0.1, -0.05) is 36.4 Å². The maximum Gasteiger partial charge on any atom is 0.295 e. The summed E-state index contributed by atoms with van der Waals surface area (Å²) in [7, 11) is -3.39. The topological polar surface area (TPSA) is 83.6 Å². The number of piperidine rings is 1. The van der Waals surface area contributed by atoms with Gasteiger partial charge in [0.2, 0.25) is 10.0 Å². The third-order valence-corrected chi connectivity index (χ3v) is 6.82. The highest BCUT2D eigenvalue weighted by atomic mass is 32.2. The van der Waals surface area contributed by atoms with Gasteiger partial charge in [0.1, 0.15) is 0 Å². The van der Waals surface area contributed by atoms with Crippen LogP contribution in [0.1, 0.15) is 28.1 Å². The zero-order chi connectivity index (χ0) is 19.3. The summed E-state index contributed by atoms with van der Waals surface area (Å²) in [5, 5.41) is 1.77. The largest absolute Gasteiger partial charge is 0.336 e. The van der Waals surface area contributed by atoms with Crippen molar-refractivity contribution < 1.29 is 18.0 Å². The van der Waals surface area contributed by atoms with E-state index in [4.69, 9.17) is 0 Å². The van der Waals surface area contributed by atoms with E-state index in [1.165, 1.54) is 11.3 Å². The summed E-state index contributed by atoms with van der Waals surface area (Å²) in [6.45, 7) is 1.30. The van der Waals surface area contributed by atoms with Crippen LogP contribution >= 0.6 is 11.3 Å². The molecule has 2 heterocycles. The number of amides is 1. The Morgan fingerprint density at radius 2 is 1.78 bits per heavy atom. The van der Waals surface area contributed by atoms with Gasteiger partial charge < -0.3 is 4.90 Å². The number of likely N-dealkylation sites (tertiary alicyclic amines) is 1. The average molecular weight is 407 g/mol. The van der Waals surface area contributed by atoms with Crippen LogP contribution in [0.5, 0.6) is 0 Å². The summed E-state index contributed by atoms with van der Waals surface area (Å²) in [6, 6.07) is 12.5. The minimum Gasteiger partial charge on any atom is -0.336 e. The van der Waals surface area contributed by atoms with Crippen molar-refractivity contribution in [3.63, 3.8) is 0 Å². The van der Waals surface area contributed by atoms with Gasteiger partial charge in [0.05, 0.1) is 10.6 Å². The second-order valence-electron chi connectivity index (χ2n) is 6.64. The third kappa shape index (κ3) is 5.47. The Morgan fingerprint density at radius 1 is 1.07 bits per heavy atom. The van der Waals surface area contributed by atoms with Gasteiger partial charge >= 0.3 is 0 Å². The highest BCUT2D eigenvalue weighted by Crippen LogP contribution is 2.19. The van der Waals surface area contributed by atoms with Gasteiger partial charge in [-0.15, -0.1) is 11.3 Å². The molecular weight excluding hydrogens is 384 g/mol. The summed E-state index contributed by atoms with van der Waals surface area (Å²) in [5.41, 5.74) is 0.748. The molecule has 8 heteroatoms. The van der Waals surface area contributed by atoms with E-state index in [0.717, 1.165) is 5.56 Å². The Hall–Kier alpha value is -2.03. The Balaban J connectivity index is 1.45. The number of carbonyl (C=O) groups excluding carboxylic acids is 2. The van der Waals surface area contributed by atoms with Gasteiger partial charge in [0.25, 0.3) is 11.7 Å². The number of nitrogens with zero attached hydrogens (tertiary/aromatic N) is 1. The second kappa shape index (κ2) is 8.77. The molecular formula is C19H22N2O4S2. The number of Topliss-reactive ketones (excluding diaryl/α,β-unsaturated/α-hetero) is 1. The van der Waals surface area contributed by atoms with E-state index in [1.807, 2.05) is 18.2 Å². The normalized spacial score (nSPS) is 15.6. The molecule has 1 aliphatic rings. The molecule has 3 rings (SSSR count). The summed E-state index contributed by atoms with van der Waals surface area (Å²) >= 11 is 1.26. The van der Waals surface area contributed by atoms with Crippen LogP contribution in [0, 0.1) is 5.92 Å². The number of ketones is 1. The molecule has 1 aromatic heterocycles. The smallest absolute Gasteiger partial charge is 0.295 e. The molecule has 1 N–H and O–H groups in total. The first-order valence-corrected chi connectivity index (χ1v) is 11.4. The van der Waals surface area contributed by atoms with Crippen molar-refractivity contribution in [3.8, 4) is 0 Å². The maximum atomic E-state index is 12.3. The summed E-state index contributed by atoms with van der Waals surface area (Å²) in [6.07, 6.45) is 1.36. The van der Waals surface area contributed by atoms with Gasteiger partial charge in [-0.2, -0.15) is 0 Å². The van der Waals surface area contributed by atoms with Gasteiger partial charge in [-0.05, 0) is 35.8 Å². The monoisotopic (exact) mass is 406 g/mol. The SMILES string of the molecule is O=C(C(=O)N1CCC(CNS(=O)(=O)Cc2ccccc2)CC1)c1cccs1. The van der Waals surface area contributed by atoms with E-state index in [0.29, 0.717) is 37.4 Å². The van der Waals surface area contributed by atoms with Crippen molar-refractivity contribution >= 4 is 33.1 Å². The molecule has 1 amide bonds. The molecule has 1 aliphatic heterocycles. The van der Waals surface area contributed by atoms with Crippen LogP contribution in [0.2, 0.25) is 0 Å². The van der Waals surface area contributed by atoms with E-state index in [-0.39, 0.29) is 11.7 Å². The van der Waals surface area contributed by atoms with E-state index < -0.39 is 21.7 Å². The van der Waals surface area contributed by atoms with Crippen LogP contribution in [-0.4, -0.2) is 44.6 Å². The number of hydrogen-bond acceptors (Lipinski definition) is 5. The number of benzene rings is 1. The predicted molar refractivity (Wildman–Crippen MR) is 105 cm³/mol. The van der Waals surface area contributed by atoms with Crippen LogP contribution in [-0.2, 0) is 20.6 Å². The van der Waals surface area contributed by atoms with Gasteiger partial charge in [0.15, 0.2) is 0 Å². The lowest BCUT2D eigenvalue weighted by Gasteiger charge is -2.31. The van der Waals surface area contributed by atoms with E-state index in [1.54, 1.807) is 34.5 Å². The number of carbonyl (C=O) groups is 2. The molecule has 2 aromatic rings. The molecule has 0 spiro atoms. The molecule has 0 atom stereocenters. The van der Waals surface area contributed by atoms with E-state index >= 15 is 0 Å². The lowest BCUT2D eigenvalue weighted by atomic mass is 9.97. The van der Waals surface area contributed by atoms with E-state index in [2.05, 4.69) is 4.72 Å². The fourth-order valence-electron chi connectivity index (χ4n) is 3.09. The van der Waals surface area contributed by atoms with Crippen molar-refractivity contribution in [2.75, 3.05) is 19.6 Å². The molecule has 0 aliphatic carbocycles. The first kappa shape index (κ1) is 19.7. The average Bonchev–Trinajstić information content (AvgIpc) is 3.21. The number of hydrogen-bond donors (Lipinski definition) is 1. The van der Waals surface area contributed by atoms with Crippen molar-refractivity contribution in [1.82, 2.24) is 9.62 Å². The molecule has 1 aromatic carbocycles. The fraction of sp³-hybridized carbons (Fsp3) is 0.368. The molecule has 6 nitrogen and oxygen atoms in total. The number of sulfonamides is 1. The molecule has 144 valence electrons. The first-order chi connectivity index (χ1) is 12.9. The number of nitrogens with one attached hydrogen (secondary N) is 1. The van der Waals surface area contributed by atoms with Crippen LogP contribution in [0.15, 0.2) is 47.8 Å². The molecule has 1 fully saturated rings. The highest BCUT2D eigenvalue weighted by Gasteiger charge is 2.28. The zero-order valence-electron chi connectivity index (χ0n) is 14.8. The third-order valence-electron chi connectivity index (χ3n) is 4.63. The molecule has 0 saturated carbocycles. The van der Waals surface area contributed by atoms with Crippen LogP contribution in [0.4, 0.5) is 0 Å². The zero-order valence-corrected chi connectivity index (χ0v) is 16.5. The molecule has 1 saturated heterocycles. The first-order valence-electron chi connectivity index (χ1n) is 8.83. The van der Waals surface area contributed by atoms with Crippen molar-refractivity contribution in [2.24, 2.45) is 5.92 Å². The van der Waals surface area contributed by atoms with E-state index in [9.17, 15) is 18.0 Å². The maximum absolute atomic E-state index is 12.3. The summed E-state index contributed by atoms with van der Waals surface area (Å²) in [4.78, 5) is 26.5. The van der Waals surface area contributed by atoms with Gasteiger partial charge in [0, 0.05) is 19.6 Å². The Bertz CT molecular complexity index is 872. The Kier molecular flexibility index (Phi) is 6.41. The van der Waals surface area contributed by atoms with Crippen LogP contribution in [0.25, 0.3) is 0 Å². The minimum absolute atomic E-state index is 0.0412. The Labute approximate surface area is 163 Å². The van der Waals surface area contributed by atoms with Gasteiger partial charge in [-0.3, -0.25) is 9.59 Å². The Morgan fingerprint density at radius 3 is 2.41 bits per heavy atom. The molecule has 0 bridgehead atoms. The van der Waals surface area contributed by atoms with Crippen LogP contribution in [0.3, 0.4) is 0 Å². The van der Waals surface area contributed by atoms with Crippen molar-refractivity contribution in [2.45, 2.75) is 18.6 Å². The lowest BCUT2D eigenvalue weighted by Crippen LogP contribution is -2.44. The fourth-order valence-corrected chi connectivity index (χ4v) is 4.96. The lowest BCUT2D eigenvalue weighted by molar-refractivity contribution is -0.127. The van der Waals surface area contributed by atoms with Crippen LogP contribution < -0.4 is 4.72 Å². The van der Waals surface area contributed by atoms with Gasteiger partial charge in [-0.25, -0.2) is 13.1 Å².